The van der Waals surface area contributed by atoms with Crippen molar-refractivity contribution in [2.24, 2.45) is 5.73 Å². The third-order valence-corrected chi connectivity index (χ3v) is 6.65. The molecule has 35 heavy (non-hydrogen) atoms. The van der Waals surface area contributed by atoms with Crippen molar-refractivity contribution in [3.05, 3.63) is 36.0 Å². The molecule has 0 saturated carbocycles. The summed E-state index contributed by atoms with van der Waals surface area (Å²) in [6.07, 6.45) is 6.52. The first-order valence-corrected chi connectivity index (χ1v) is 13.9. The zero-order chi connectivity index (χ0) is 25.8. The van der Waals surface area contributed by atoms with Crippen molar-refractivity contribution in [1.29, 1.82) is 0 Å². The second kappa shape index (κ2) is 14.6. The number of thioether (sulfide) groups is 2. The van der Waals surface area contributed by atoms with Crippen LogP contribution >= 0.6 is 23.5 Å². The van der Waals surface area contributed by atoms with Gasteiger partial charge in [0.1, 0.15) is 18.6 Å². The number of aromatic nitrogens is 1. The number of H-pyrrole nitrogens is 1. The van der Waals surface area contributed by atoms with Crippen molar-refractivity contribution in [2.45, 2.75) is 37.4 Å². The van der Waals surface area contributed by atoms with E-state index in [4.69, 9.17) is 10.8 Å². The first-order valence-electron chi connectivity index (χ1n) is 11.2. The Kier molecular flexibility index (Phi) is 11.9. The fraction of sp³-hybridized carbons (Fsp3) is 0.478. The van der Waals surface area contributed by atoms with E-state index in [1.165, 1.54) is 11.8 Å². The van der Waals surface area contributed by atoms with Crippen LogP contribution in [0.15, 0.2) is 30.5 Å². The highest BCUT2D eigenvalue weighted by Gasteiger charge is 2.29. The van der Waals surface area contributed by atoms with Gasteiger partial charge in [-0.1, -0.05) is 18.2 Å². The van der Waals surface area contributed by atoms with Crippen molar-refractivity contribution >= 4 is 58.1 Å². The minimum absolute atomic E-state index is 0.183. The van der Waals surface area contributed by atoms with Crippen LogP contribution in [0.3, 0.4) is 0 Å². The lowest BCUT2D eigenvalue weighted by atomic mass is 10.0. The molecule has 0 bridgehead atoms. The minimum atomic E-state index is -1.18. The number of hydrogen-bond donors (Lipinski definition) is 6. The lowest BCUT2D eigenvalue weighted by Gasteiger charge is -2.24. The average Bonchev–Trinajstić information content (AvgIpc) is 3.25. The second-order valence-corrected chi connectivity index (χ2v) is 9.94. The van der Waals surface area contributed by atoms with E-state index in [2.05, 4.69) is 20.9 Å². The molecule has 7 N–H and O–H groups in total. The fourth-order valence-electron chi connectivity index (χ4n) is 3.45. The average molecular weight is 524 g/mol. The number of nitrogens with two attached hydrogens (primary N) is 1. The Morgan fingerprint density at radius 1 is 0.971 bits per heavy atom. The minimum Gasteiger partial charge on any atom is -0.480 e. The Morgan fingerprint density at radius 3 is 2.31 bits per heavy atom. The first-order chi connectivity index (χ1) is 16.8. The van der Waals surface area contributed by atoms with E-state index in [1.54, 1.807) is 18.0 Å². The number of aromatic amines is 1. The number of carboxylic acids is 1. The number of hydrogen-bond acceptors (Lipinski definition) is 7. The summed E-state index contributed by atoms with van der Waals surface area (Å²) in [4.78, 5) is 52.6. The number of para-hydroxylation sites is 1. The molecule has 192 valence electrons. The summed E-state index contributed by atoms with van der Waals surface area (Å²) in [6.45, 7) is -0.551. The molecule has 2 aromatic rings. The Labute approximate surface area is 212 Å². The molecule has 0 radical (unpaired) electrons. The van der Waals surface area contributed by atoms with Gasteiger partial charge in [-0.2, -0.15) is 23.5 Å². The standard InChI is InChI=1S/C23H33N5O5S2/c1-34-9-7-16(24)21(31)28-19(11-14-12-25-17-6-4-3-5-15(14)17)23(33)27-18(8-10-35-2)22(32)26-13-20(29)30/h3-6,12,16,18-19,25H,7-11,13,24H2,1-2H3,(H,26,32)(H,27,33)(H,28,31)(H,29,30). The third-order valence-electron chi connectivity index (χ3n) is 5.36. The lowest BCUT2D eigenvalue weighted by molar-refractivity contribution is -0.138. The number of carbonyl (C=O) groups is 4. The third kappa shape index (κ3) is 9.11. The van der Waals surface area contributed by atoms with Gasteiger partial charge in [-0.15, -0.1) is 0 Å². The number of amides is 3. The smallest absolute Gasteiger partial charge is 0.322 e. The van der Waals surface area contributed by atoms with E-state index in [1.807, 2.05) is 36.8 Å². The second-order valence-electron chi connectivity index (χ2n) is 7.97. The van der Waals surface area contributed by atoms with Crippen molar-refractivity contribution < 1.29 is 24.3 Å². The van der Waals surface area contributed by atoms with Crippen LogP contribution in [-0.2, 0) is 25.6 Å². The molecule has 1 aromatic carbocycles. The van der Waals surface area contributed by atoms with Gasteiger partial charge in [-0.25, -0.2) is 0 Å². The molecule has 2 rings (SSSR count). The molecule has 0 spiro atoms. The normalized spacial score (nSPS) is 13.6. The van der Waals surface area contributed by atoms with Crippen LogP contribution in [0.1, 0.15) is 18.4 Å². The lowest BCUT2D eigenvalue weighted by Crippen LogP contribution is -2.56. The van der Waals surface area contributed by atoms with Gasteiger partial charge in [-0.3, -0.25) is 19.2 Å². The summed E-state index contributed by atoms with van der Waals surface area (Å²) in [5, 5.41) is 17.5. The summed E-state index contributed by atoms with van der Waals surface area (Å²) in [5.74, 6) is -1.49. The van der Waals surface area contributed by atoms with Crippen LogP contribution in [0.4, 0.5) is 0 Å². The molecule has 0 aliphatic carbocycles. The van der Waals surface area contributed by atoms with Gasteiger partial charge < -0.3 is 31.8 Å². The van der Waals surface area contributed by atoms with E-state index < -0.39 is 48.4 Å². The number of aliphatic carboxylic acids is 1. The topological polar surface area (TPSA) is 166 Å². The Hall–Kier alpha value is -2.70. The predicted molar refractivity (Wildman–Crippen MR) is 140 cm³/mol. The van der Waals surface area contributed by atoms with Gasteiger partial charge in [0.15, 0.2) is 0 Å². The largest absolute Gasteiger partial charge is 0.480 e. The monoisotopic (exact) mass is 523 g/mol. The highest BCUT2D eigenvalue weighted by atomic mass is 32.2. The Morgan fingerprint density at radius 2 is 1.63 bits per heavy atom. The summed E-state index contributed by atoms with van der Waals surface area (Å²) >= 11 is 3.07. The Balaban J connectivity index is 2.23. The van der Waals surface area contributed by atoms with Gasteiger partial charge in [-0.05, 0) is 48.5 Å². The molecule has 1 heterocycles. The number of rotatable bonds is 15. The van der Waals surface area contributed by atoms with Crippen LogP contribution in [0.5, 0.6) is 0 Å². The molecule has 10 nitrogen and oxygen atoms in total. The summed E-state index contributed by atoms with van der Waals surface area (Å²) in [5.41, 5.74) is 7.74. The SMILES string of the molecule is CSCCC(N)C(=O)NC(Cc1c[nH]c2ccccc12)C(=O)NC(CCSC)C(=O)NCC(=O)O. The Bertz CT molecular complexity index is 1020. The zero-order valence-electron chi connectivity index (χ0n) is 19.8. The van der Waals surface area contributed by atoms with E-state index in [0.717, 1.165) is 16.5 Å². The number of benzene rings is 1. The molecular formula is C23H33N5O5S2. The molecule has 0 aliphatic rings. The molecule has 1 aromatic heterocycles. The van der Waals surface area contributed by atoms with Crippen LogP contribution in [0.25, 0.3) is 10.9 Å². The number of carboxylic acid groups (broad SMARTS) is 1. The maximum Gasteiger partial charge on any atom is 0.322 e. The molecule has 12 heteroatoms. The zero-order valence-corrected chi connectivity index (χ0v) is 21.5. The quantitative estimate of drug-likeness (QED) is 0.199. The van der Waals surface area contributed by atoms with Gasteiger partial charge in [0.25, 0.3) is 0 Å². The molecule has 3 unspecified atom stereocenters. The molecular weight excluding hydrogens is 490 g/mol. The maximum absolute atomic E-state index is 13.3. The van der Waals surface area contributed by atoms with E-state index in [0.29, 0.717) is 24.3 Å². The van der Waals surface area contributed by atoms with Gasteiger partial charge in [0, 0.05) is 23.5 Å². The molecule has 0 fully saturated rings. The first kappa shape index (κ1) is 28.5. The van der Waals surface area contributed by atoms with Crippen LogP contribution in [0, 0.1) is 0 Å². The van der Waals surface area contributed by atoms with Crippen molar-refractivity contribution in [2.75, 3.05) is 30.6 Å². The van der Waals surface area contributed by atoms with Crippen molar-refractivity contribution in [3.63, 3.8) is 0 Å². The van der Waals surface area contributed by atoms with Crippen LogP contribution in [-0.4, -0.2) is 82.5 Å². The number of carbonyl (C=O) groups excluding carboxylic acids is 3. The highest BCUT2D eigenvalue weighted by Crippen LogP contribution is 2.19. The molecule has 3 atom stereocenters. The maximum atomic E-state index is 13.3. The number of fused-ring (bicyclic) bond motifs is 1. The van der Waals surface area contributed by atoms with Crippen LogP contribution < -0.4 is 21.7 Å². The van der Waals surface area contributed by atoms with Gasteiger partial charge in [0.05, 0.1) is 6.04 Å². The van der Waals surface area contributed by atoms with Crippen molar-refractivity contribution in [1.82, 2.24) is 20.9 Å². The fourth-order valence-corrected chi connectivity index (χ4v) is 4.41. The van der Waals surface area contributed by atoms with Gasteiger partial charge >= 0.3 is 5.97 Å². The summed E-state index contributed by atoms with van der Waals surface area (Å²) < 4.78 is 0. The van der Waals surface area contributed by atoms with Crippen molar-refractivity contribution in [3.8, 4) is 0 Å². The van der Waals surface area contributed by atoms with E-state index in [9.17, 15) is 19.2 Å². The molecule has 0 saturated heterocycles. The van der Waals surface area contributed by atoms with E-state index >= 15 is 0 Å². The number of nitrogens with one attached hydrogen (secondary N) is 4. The van der Waals surface area contributed by atoms with Crippen LogP contribution in [0.2, 0.25) is 0 Å². The summed E-state index contributed by atoms with van der Waals surface area (Å²) in [7, 11) is 0. The summed E-state index contributed by atoms with van der Waals surface area (Å²) in [6, 6.07) is 4.92. The predicted octanol–water partition coefficient (Wildman–Crippen LogP) is 0.714. The highest BCUT2D eigenvalue weighted by molar-refractivity contribution is 7.98. The van der Waals surface area contributed by atoms with E-state index in [-0.39, 0.29) is 6.42 Å². The molecule has 3 amide bonds. The molecule has 0 aliphatic heterocycles. The van der Waals surface area contributed by atoms with Gasteiger partial charge in [0.2, 0.25) is 17.7 Å².